The fraction of sp³-hybridized carbons (Fsp3) is 0.333. The van der Waals surface area contributed by atoms with Crippen LogP contribution in [0.4, 0.5) is 0 Å². The van der Waals surface area contributed by atoms with Gasteiger partial charge in [0.1, 0.15) is 0 Å². The molecule has 0 atom stereocenters. The second-order valence-electron chi connectivity index (χ2n) is 5.82. The van der Waals surface area contributed by atoms with Crippen LogP contribution in [0.3, 0.4) is 0 Å². The maximum absolute atomic E-state index is 5.45. The average molecular weight is 267 g/mol. The summed E-state index contributed by atoms with van der Waals surface area (Å²) < 4.78 is 5.45. The molecule has 0 radical (unpaired) electrons. The molecule has 0 amide bonds. The Morgan fingerprint density at radius 2 is 1.30 bits per heavy atom. The molecule has 0 unspecified atom stereocenters. The van der Waals surface area contributed by atoms with Crippen LogP contribution in [0.25, 0.3) is 0 Å². The molecule has 0 N–H and O–H groups in total. The van der Waals surface area contributed by atoms with E-state index in [1.54, 1.807) is 0 Å². The number of nitrogens with zero attached hydrogens (tertiary/aromatic N) is 1. The molecule has 20 heavy (non-hydrogen) atoms. The molecule has 0 aliphatic carbocycles. The summed E-state index contributed by atoms with van der Waals surface area (Å²) >= 11 is 0. The minimum atomic E-state index is 0.158. The van der Waals surface area contributed by atoms with Crippen LogP contribution < -0.4 is 0 Å². The van der Waals surface area contributed by atoms with E-state index in [-0.39, 0.29) is 5.54 Å². The molecule has 3 rings (SSSR count). The minimum absolute atomic E-state index is 0.158. The van der Waals surface area contributed by atoms with Crippen molar-refractivity contribution in [2.75, 3.05) is 13.2 Å². The van der Waals surface area contributed by atoms with E-state index in [9.17, 15) is 0 Å². The second-order valence-corrected chi connectivity index (χ2v) is 5.82. The van der Waals surface area contributed by atoms with E-state index in [4.69, 9.17) is 4.74 Å². The summed E-state index contributed by atoms with van der Waals surface area (Å²) in [5, 5.41) is 0. The number of hydrogen-bond donors (Lipinski definition) is 0. The van der Waals surface area contributed by atoms with Gasteiger partial charge >= 0.3 is 0 Å². The Kier molecular flexibility index (Phi) is 3.86. The maximum atomic E-state index is 5.45. The molecule has 0 spiro atoms. The van der Waals surface area contributed by atoms with E-state index in [0.29, 0.717) is 0 Å². The molecule has 1 aliphatic rings. The minimum Gasteiger partial charge on any atom is -0.377 e. The second kappa shape index (κ2) is 5.78. The third kappa shape index (κ3) is 2.92. The van der Waals surface area contributed by atoms with Gasteiger partial charge in [-0.15, -0.1) is 0 Å². The van der Waals surface area contributed by atoms with Gasteiger partial charge in [-0.3, -0.25) is 4.90 Å². The van der Waals surface area contributed by atoms with Crippen molar-refractivity contribution in [2.24, 2.45) is 0 Å². The van der Waals surface area contributed by atoms with Crippen molar-refractivity contribution in [3.8, 4) is 0 Å². The highest BCUT2D eigenvalue weighted by Crippen LogP contribution is 2.28. The number of ether oxygens (including phenoxy) is 1. The third-order valence-corrected chi connectivity index (χ3v) is 4.02. The van der Waals surface area contributed by atoms with Crippen molar-refractivity contribution < 1.29 is 4.74 Å². The lowest BCUT2D eigenvalue weighted by Gasteiger charge is -2.47. The lowest BCUT2D eigenvalue weighted by Crippen LogP contribution is -2.59. The molecule has 0 bridgehead atoms. The number of rotatable bonds is 5. The van der Waals surface area contributed by atoms with Crippen LogP contribution >= 0.6 is 0 Å². The SMILES string of the molecule is CC1(N(Cc2ccccc2)Cc2ccccc2)COC1. The van der Waals surface area contributed by atoms with Crippen LogP contribution in [-0.4, -0.2) is 23.7 Å². The summed E-state index contributed by atoms with van der Waals surface area (Å²) in [6.07, 6.45) is 0. The normalized spacial score (nSPS) is 16.9. The Labute approximate surface area is 121 Å². The van der Waals surface area contributed by atoms with Gasteiger partial charge < -0.3 is 4.74 Å². The Bertz CT molecular complexity index is 492. The van der Waals surface area contributed by atoms with Crippen LogP contribution in [0.1, 0.15) is 18.1 Å². The van der Waals surface area contributed by atoms with E-state index >= 15 is 0 Å². The van der Waals surface area contributed by atoms with Crippen LogP contribution in [0.2, 0.25) is 0 Å². The smallest absolute Gasteiger partial charge is 0.0671 e. The summed E-state index contributed by atoms with van der Waals surface area (Å²) in [5.74, 6) is 0. The standard InChI is InChI=1S/C18H21NO/c1-18(14-20-15-18)19(12-16-8-4-2-5-9-16)13-17-10-6-3-7-11-17/h2-11H,12-15H2,1H3. The molecule has 0 aromatic heterocycles. The van der Waals surface area contributed by atoms with Crippen molar-refractivity contribution in [1.29, 1.82) is 0 Å². The molecular weight excluding hydrogens is 246 g/mol. The molecule has 2 heteroatoms. The molecule has 2 nitrogen and oxygen atoms in total. The fourth-order valence-electron chi connectivity index (χ4n) is 2.63. The molecule has 0 saturated carbocycles. The zero-order chi connectivity index (χ0) is 13.8. The largest absolute Gasteiger partial charge is 0.377 e. The topological polar surface area (TPSA) is 12.5 Å². The molecule has 1 aliphatic heterocycles. The first-order chi connectivity index (χ1) is 9.76. The lowest BCUT2D eigenvalue weighted by molar-refractivity contribution is -0.137. The van der Waals surface area contributed by atoms with Gasteiger partial charge in [0.25, 0.3) is 0 Å². The first-order valence-electron chi connectivity index (χ1n) is 7.17. The average Bonchev–Trinajstić information content (AvgIpc) is 2.46. The Morgan fingerprint density at radius 3 is 1.65 bits per heavy atom. The summed E-state index contributed by atoms with van der Waals surface area (Å²) in [6, 6.07) is 21.3. The van der Waals surface area contributed by atoms with Crippen LogP contribution in [0.15, 0.2) is 60.7 Å². The highest BCUT2D eigenvalue weighted by atomic mass is 16.5. The Morgan fingerprint density at radius 1 is 0.850 bits per heavy atom. The Balaban J connectivity index is 1.77. The van der Waals surface area contributed by atoms with Gasteiger partial charge in [0, 0.05) is 13.1 Å². The molecule has 2 aromatic rings. The monoisotopic (exact) mass is 267 g/mol. The van der Waals surface area contributed by atoms with Gasteiger partial charge in [-0.1, -0.05) is 60.7 Å². The summed E-state index contributed by atoms with van der Waals surface area (Å²) in [5.41, 5.74) is 2.87. The van der Waals surface area contributed by atoms with Gasteiger partial charge in [-0.05, 0) is 18.1 Å². The predicted octanol–water partition coefficient (Wildman–Crippen LogP) is 3.48. The lowest BCUT2D eigenvalue weighted by atomic mass is 9.96. The molecular formula is C18H21NO. The number of hydrogen-bond acceptors (Lipinski definition) is 2. The van der Waals surface area contributed by atoms with E-state index in [1.165, 1.54) is 11.1 Å². The van der Waals surface area contributed by atoms with E-state index in [1.807, 2.05) is 0 Å². The van der Waals surface area contributed by atoms with Crippen molar-refractivity contribution in [1.82, 2.24) is 4.90 Å². The van der Waals surface area contributed by atoms with Crippen LogP contribution in [0.5, 0.6) is 0 Å². The van der Waals surface area contributed by atoms with E-state index in [2.05, 4.69) is 72.5 Å². The van der Waals surface area contributed by atoms with Gasteiger partial charge in [0.15, 0.2) is 0 Å². The molecule has 104 valence electrons. The highest BCUT2D eigenvalue weighted by Gasteiger charge is 2.39. The maximum Gasteiger partial charge on any atom is 0.0671 e. The zero-order valence-corrected chi connectivity index (χ0v) is 12.0. The summed E-state index contributed by atoms with van der Waals surface area (Å²) in [6.45, 7) is 5.88. The zero-order valence-electron chi connectivity index (χ0n) is 12.0. The van der Waals surface area contributed by atoms with E-state index in [0.717, 1.165) is 26.3 Å². The molecule has 2 aromatic carbocycles. The molecule has 1 fully saturated rings. The molecule has 1 saturated heterocycles. The van der Waals surface area contributed by atoms with Crippen LogP contribution in [-0.2, 0) is 17.8 Å². The van der Waals surface area contributed by atoms with Gasteiger partial charge in [0.05, 0.1) is 18.8 Å². The van der Waals surface area contributed by atoms with E-state index < -0.39 is 0 Å². The summed E-state index contributed by atoms with van der Waals surface area (Å²) in [4.78, 5) is 2.53. The van der Waals surface area contributed by atoms with Gasteiger partial charge in [-0.25, -0.2) is 0 Å². The van der Waals surface area contributed by atoms with Crippen molar-refractivity contribution in [3.63, 3.8) is 0 Å². The van der Waals surface area contributed by atoms with Gasteiger partial charge in [-0.2, -0.15) is 0 Å². The van der Waals surface area contributed by atoms with Gasteiger partial charge in [0.2, 0.25) is 0 Å². The molecule has 1 heterocycles. The first-order valence-corrected chi connectivity index (χ1v) is 7.17. The first kappa shape index (κ1) is 13.3. The van der Waals surface area contributed by atoms with Crippen molar-refractivity contribution >= 4 is 0 Å². The Hall–Kier alpha value is -1.64. The fourth-order valence-corrected chi connectivity index (χ4v) is 2.63. The summed E-state index contributed by atoms with van der Waals surface area (Å²) in [7, 11) is 0. The van der Waals surface area contributed by atoms with Crippen molar-refractivity contribution in [2.45, 2.75) is 25.6 Å². The third-order valence-electron chi connectivity index (χ3n) is 4.02. The highest BCUT2D eigenvalue weighted by molar-refractivity contribution is 5.18. The number of benzene rings is 2. The predicted molar refractivity (Wildman–Crippen MR) is 81.4 cm³/mol. The van der Waals surface area contributed by atoms with Crippen molar-refractivity contribution in [3.05, 3.63) is 71.8 Å². The quantitative estimate of drug-likeness (QED) is 0.822. The van der Waals surface area contributed by atoms with Crippen LogP contribution in [0, 0.1) is 0 Å².